The second-order valence-corrected chi connectivity index (χ2v) is 9.38. The average molecular weight is 344 g/mol. The van der Waals surface area contributed by atoms with Crippen molar-refractivity contribution in [1.82, 2.24) is 0 Å². The number of benzene rings is 2. The minimum atomic E-state index is -3.68. The molecule has 128 valence electrons. The van der Waals surface area contributed by atoms with Crippen LogP contribution in [0.4, 0.5) is 0 Å². The van der Waals surface area contributed by atoms with E-state index in [1.807, 2.05) is 39.0 Å². The molecule has 0 spiro atoms. The van der Waals surface area contributed by atoms with Crippen LogP contribution in [0.2, 0.25) is 0 Å². The first-order valence-electron chi connectivity index (χ1n) is 8.14. The lowest BCUT2D eigenvalue weighted by atomic mass is 9.84. The molecule has 0 aromatic heterocycles. The van der Waals surface area contributed by atoms with Gasteiger partial charge in [-0.1, -0.05) is 63.2 Å². The average Bonchev–Trinajstić information content (AvgIpc) is 2.53. The van der Waals surface area contributed by atoms with Crippen LogP contribution in [0.5, 0.6) is 0 Å². The minimum Gasteiger partial charge on any atom is -0.317 e. The number of rotatable bonds is 5. The van der Waals surface area contributed by atoms with Gasteiger partial charge < -0.3 is 4.52 Å². The van der Waals surface area contributed by atoms with E-state index in [2.05, 4.69) is 0 Å². The van der Waals surface area contributed by atoms with E-state index >= 15 is 0 Å². The maximum Gasteiger partial charge on any atom is 0.301 e. The van der Waals surface area contributed by atoms with Crippen LogP contribution in [-0.4, -0.2) is 11.6 Å². The third-order valence-electron chi connectivity index (χ3n) is 3.69. The molecular formula is C20H25O3P. The second kappa shape index (κ2) is 7.04. The van der Waals surface area contributed by atoms with Crippen LogP contribution < -0.4 is 5.30 Å². The summed E-state index contributed by atoms with van der Waals surface area (Å²) in [5.41, 5.74) is 0.676. The predicted octanol–water partition coefficient (Wildman–Crippen LogP) is 5.15. The lowest BCUT2D eigenvalue weighted by Crippen LogP contribution is -2.22. The fraction of sp³-hybridized carbons (Fsp3) is 0.350. The van der Waals surface area contributed by atoms with E-state index in [9.17, 15) is 9.36 Å². The van der Waals surface area contributed by atoms with E-state index in [1.165, 1.54) is 0 Å². The number of carbonyl (C=O) groups excluding carboxylic acids is 1. The van der Waals surface area contributed by atoms with Gasteiger partial charge in [-0.2, -0.15) is 0 Å². The van der Waals surface area contributed by atoms with E-state index in [0.29, 0.717) is 10.9 Å². The van der Waals surface area contributed by atoms with Crippen LogP contribution in [0.1, 0.15) is 50.5 Å². The summed E-state index contributed by atoms with van der Waals surface area (Å²) in [7, 11) is -3.68. The Kier molecular flexibility index (Phi) is 5.47. The first-order valence-corrected chi connectivity index (χ1v) is 9.77. The zero-order chi connectivity index (χ0) is 18.0. The van der Waals surface area contributed by atoms with Crippen LogP contribution >= 0.6 is 7.37 Å². The highest BCUT2D eigenvalue weighted by atomic mass is 31.2. The third-order valence-corrected chi connectivity index (χ3v) is 6.16. The van der Waals surface area contributed by atoms with E-state index in [-0.39, 0.29) is 11.5 Å². The molecule has 24 heavy (non-hydrogen) atoms. The molecule has 1 atom stereocenters. The topological polar surface area (TPSA) is 43.4 Å². The van der Waals surface area contributed by atoms with Crippen molar-refractivity contribution in [2.45, 2.75) is 46.1 Å². The van der Waals surface area contributed by atoms with Crippen molar-refractivity contribution < 1.29 is 13.9 Å². The molecule has 0 saturated carbocycles. The van der Waals surface area contributed by atoms with E-state index in [0.717, 1.165) is 5.56 Å². The molecule has 0 aliphatic rings. The standard InChI is InChI=1S/C20H25O3P/c1-15(2)23-24(22,16-11-7-6-8-12-16)19(21)17-13-9-10-14-18(17)20(3,4)5/h6-15H,1-5H3. The van der Waals surface area contributed by atoms with Crippen LogP contribution in [0.25, 0.3) is 0 Å². The van der Waals surface area contributed by atoms with Crippen molar-refractivity contribution >= 4 is 18.2 Å². The molecule has 0 radical (unpaired) electrons. The molecule has 0 aliphatic carbocycles. The zero-order valence-electron chi connectivity index (χ0n) is 14.9. The quantitative estimate of drug-likeness (QED) is 0.704. The van der Waals surface area contributed by atoms with Gasteiger partial charge in [-0.25, -0.2) is 0 Å². The number of carbonyl (C=O) groups is 1. The van der Waals surface area contributed by atoms with Gasteiger partial charge in [0.1, 0.15) is 0 Å². The van der Waals surface area contributed by atoms with Gasteiger partial charge in [0, 0.05) is 10.9 Å². The SMILES string of the molecule is CC(C)OP(=O)(C(=O)c1ccccc1C(C)(C)C)c1ccccc1. The Morgan fingerprint density at radius 2 is 1.50 bits per heavy atom. The highest BCUT2D eigenvalue weighted by Crippen LogP contribution is 2.51. The molecule has 0 aliphatic heterocycles. The van der Waals surface area contributed by atoms with Gasteiger partial charge in [0.15, 0.2) is 0 Å². The smallest absolute Gasteiger partial charge is 0.301 e. The van der Waals surface area contributed by atoms with Crippen LogP contribution in [0, 0.1) is 0 Å². The summed E-state index contributed by atoms with van der Waals surface area (Å²) in [4.78, 5) is 13.3. The van der Waals surface area contributed by atoms with Crippen LogP contribution in [0.3, 0.4) is 0 Å². The van der Waals surface area contributed by atoms with Gasteiger partial charge in [-0.15, -0.1) is 0 Å². The third kappa shape index (κ3) is 3.85. The Morgan fingerprint density at radius 1 is 0.958 bits per heavy atom. The highest BCUT2D eigenvalue weighted by molar-refractivity contribution is 7.83. The molecule has 0 fully saturated rings. The lowest BCUT2D eigenvalue weighted by molar-refractivity contribution is 0.104. The summed E-state index contributed by atoms with van der Waals surface area (Å²) in [6, 6.07) is 16.1. The molecule has 0 amide bonds. The first-order chi connectivity index (χ1) is 11.2. The molecule has 1 unspecified atom stereocenters. The Labute approximate surface area is 144 Å². The summed E-state index contributed by atoms with van der Waals surface area (Å²) in [6.45, 7) is 9.69. The molecule has 2 rings (SSSR count). The maximum atomic E-state index is 13.6. The normalized spacial score (nSPS) is 14.4. The number of hydrogen-bond donors (Lipinski definition) is 0. The summed E-state index contributed by atoms with van der Waals surface area (Å²) < 4.78 is 19.3. The van der Waals surface area contributed by atoms with Crippen molar-refractivity contribution in [3.8, 4) is 0 Å². The van der Waals surface area contributed by atoms with Gasteiger partial charge >= 0.3 is 7.37 Å². The zero-order valence-corrected chi connectivity index (χ0v) is 15.8. The van der Waals surface area contributed by atoms with E-state index < -0.39 is 12.9 Å². The molecule has 0 saturated heterocycles. The molecule has 0 heterocycles. The van der Waals surface area contributed by atoms with Gasteiger partial charge in [-0.3, -0.25) is 9.36 Å². The Hall–Kier alpha value is -1.70. The summed E-state index contributed by atoms with van der Waals surface area (Å²) in [5, 5.41) is 0.437. The Balaban J connectivity index is 2.62. The molecule has 0 bridgehead atoms. The second-order valence-electron chi connectivity index (χ2n) is 7.14. The van der Waals surface area contributed by atoms with Crippen molar-refractivity contribution in [1.29, 1.82) is 0 Å². The van der Waals surface area contributed by atoms with Crippen LogP contribution in [-0.2, 0) is 14.5 Å². The van der Waals surface area contributed by atoms with Crippen molar-refractivity contribution in [2.75, 3.05) is 0 Å². The van der Waals surface area contributed by atoms with E-state index in [4.69, 9.17) is 4.52 Å². The largest absolute Gasteiger partial charge is 0.317 e. The fourth-order valence-electron chi connectivity index (χ4n) is 2.63. The van der Waals surface area contributed by atoms with Gasteiger partial charge in [0.05, 0.1) is 6.10 Å². The maximum absolute atomic E-state index is 13.6. The lowest BCUT2D eigenvalue weighted by Gasteiger charge is -2.25. The van der Waals surface area contributed by atoms with Crippen LogP contribution in [0.15, 0.2) is 54.6 Å². The highest BCUT2D eigenvalue weighted by Gasteiger charge is 2.39. The van der Waals surface area contributed by atoms with Crippen molar-refractivity contribution in [3.63, 3.8) is 0 Å². The Bertz CT molecular complexity index is 758. The van der Waals surface area contributed by atoms with Crippen molar-refractivity contribution in [3.05, 3.63) is 65.7 Å². The summed E-state index contributed by atoms with van der Waals surface area (Å²) >= 11 is 0. The monoisotopic (exact) mass is 344 g/mol. The van der Waals surface area contributed by atoms with E-state index in [1.54, 1.807) is 50.2 Å². The molecule has 0 N–H and O–H groups in total. The predicted molar refractivity (Wildman–Crippen MR) is 99.4 cm³/mol. The first kappa shape index (κ1) is 18.6. The summed E-state index contributed by atoms with van der Waals surface area (Å²) in [6.07, 6.45) is -0.318. The van der Waals surface area contributed by atoms with Crippen molar-refractivity contribution in [2.24, 2.45) is 0 Å². The number of hydrogen-bond acceptors (Lipinski definition) is 3. The Morgan fingerprint density at radius 3 is 2.04 bits per heavy atom. The minimum absolute atomic E-state index is 0.231. The fourth-order valence-corrected chi connectivity index (χ4v) is 4.75. The van der Waals surface area contributed by atoms with Gasteiger partial charge in [0.2, 0.25) is 0 Å². The molecule has 2 aromatic rings. The summed E-state index contributed by atoms with van der Waals surface area (Å²) in [5.74, 6) is 0. The van der Waals surface area contributed by atoms with Gasteiger partial charge in [-0.05, 0) is 37.0 Å². The molecular weight excluding hydrogens is 319 g/mol. The molecule has 3 nitrogen and oxygen atoms in total. The molecule has 2 aromatic carbocycles. The van der Waals surface area contributed by atoms with Gasteiger partial charge in [0.25, 0.3) is 5.52 Å². The molecule has 4 heteroatoms.